The van der Waals surface area contributed by atoms with E-state index in [1.165, 1.54) is 0 Å². The summed E-state index contributed by atoms with van der Waals surface area (Å²) in [5.41, 5.74) is 1.99. The number of rotatable bonds is 11. The molecule has 0 fully saturated rings. The van der Waals surface area contributed by atoms with Crippen LogP contribution in [0.1, 0.15) is 17.3 Å². The van der Waals surface area contributed by atoms with E-state index in [2.05, 4.69) is 16.0 Å². The Hall–Kier alpha value is -4.00. The molecule has 0 aliphatic heterocycles. The zero-order valence-electron chi connectivity index (χ0n) is 18.0. The highest BCUT2D eigenvalue weighted by atomic mass is 16.5. The molecule has 0 heterocycles. The van der Waals surface area contributed by atoms with Gasteiger partial charge in [0.1, 0.15) is 24.7 Å². The molecule has 0 bridgehead atoms. The quantitative estimate of drug-likeness (QED) is 0.399. The van der Waals surface area contributed by atoms with Gasteiger partial charge in [0, 0.05) is 23.5 Å². The molecule has 7 nitrogen and oxygen atoms in total. The van der Waals surface area contributed by atoms with Crippen molar-refractivity contribution in [3.05, 3.63) is 84.4 Å². The van der Waals surface area contributed by atoms with Gasteiger partial charge in [0.2, 0.25) is 5.91 Å². The van der Waals surface area contributed by atoms with Crippen molar-refractivity contribution in [2.24, 2.45) is 0 Å². The summed E-state index contributed by atoms with van der Waals surface area (Å²) in [6.45, 7) is 3.43. The lowest BCUT2D eigenvalue weighted by atomic mass is 10.2. The monoisotopic (exact) mass is 433 g/mol. The van der Waals surface area contributed by atoms with Crippen molar-refractivity contribution in [1.29, 1.82) is 0 Å². The summed E-state index contributed by atoms with van der Waals surface area (Å²) in [5, 5.41) is 8.60. The number of amides is 2. The van der Waals surface area contributed by atoms with Crippen molar-refractivity contribution in [2.75, 3.05) is 36.9 Å². The number of benzene rings is 3. The number of carbonyl (C=O) groups is 2. The van der Waals surface area contributed by atoms with Crippen LogP contribution in [-0.2, 0) is 4.79 Å². The molecule has 0 saturated carbocycles. The summed E-state index contributed by atoms with van der Waals surface area (Å²) in [4.78, 5) is 23.9. The minimum Gasteiger partial charge on any atom is -0.490 e. The number of hydrogen-bond donors (Lipinski definition) is 3. The molecule has 2 amide bonds. The van der Waals surface area contributed by atoms with Gasteiger partial charge in [-0.25, -0.2) is 0 Å². The first kappa shape index (κ1) is 22.7. The molecule has 166 valence electrons. The summed E-state index contributed by atoms with van der Waals surface area (Å²) >= 11 is 0. The van der Waals surface area contributed by atoms with Gasteiger partial charge < -0.3 is 25.4 Å². The average molecular weight is 434 g/mol. The van der Waals surface area contributed by atoms with Crippen LogP contribution >= 0.6 is 0 Å². The zero-order valence-corrected chi connectivity index (χ0v) is 18.0. The van der Waals surface area contributed by atoms with Crippen LogP contribution in [0.15, 0.2) is 78.9 Å². The van der Waals surface area contributed by atoms with E-state index in [0.29, 0.717) is 31.0 Å². The molecule has 3 N–H and O–H groups in total. The minimum atomic E-state index is -0.186. The average Bonchev–Trinajstić information content (AvgIpc) is 2.82. The minimum absolute atomic E-state index is 0.114. The van der Waals surface area contributed by atoms with Gasteiger partial charge >= 0.3 is 0 Å². The van der Waals surface area contributed by atoms with E-state index in [-0.39, 0.29) is 18.4 Å². The van der Waals surface area contributed by atoms with Crippen molar-refractivity contribution in [3.63, 3.8) is 0 Å². The second-order valence-corrected chi connectivity index (χ2v) is 6.87. The van der Waals surface area contributed by atoms with Gasteiger partial charge in [0.15, 0.2) is 0 Å². The first-order valence-electron chi connectivity index (χ1n) is 10.5. The van der Waals surface area contributed by atoms with Crippen LogP contribution in [0.2, 0.25) is 0 Å². The Bertz CT molecular complexity index is 990. The molecule has 32 heavy (non-hydrogen) atoms. The summed E-state index contributed by atoms with van der Waals surface area (Å²) < 4.78 is 11.3. The van der Waals surface area contributed by atoms with Gasteiger partial charge in [-0.05, 0) is 67.6 Å². The molecule has 0 atom stereocenters. The lowest BCUT2D eigenvalue weighted by Gasteiger charge is -2.10. The summed E-state index contributed by atoms with van der Waals surface area (Å²) in [5.74, 6) is 1.22. The van der Waals surface area contributed by atoms with Crippen LogP contribution in [0.3, 0.4) is 0 Å². The molecule has 0 saturated heterocycles. The first-order chi connectivity index (χ1) is 15.6. The number of nitrogens with one attached hydrogen (secondary N) is 3. The van der Waals surface area contributed by atoms with Crippen molar-refractivity contribution in [1.82, 2.24) is 5.32 Å². The van der Waals surface area contributed by atoms with Crippen LogP contribution < -0.4 is 25.4 Å². The molecule has 3 rings (SSSR count). The predicted molar refractivity (Wildman–Crippen MR) is 125 cm³/mol. The van der Waals surface area contributed by atoms with E-state index in [9.17, 15) is 9.59 Å². The van der Waals surface area contributed by atoms with Gasteiger partial charge in [-0.15, -0.1) is 0 Å². The Morgan fingerprint density at radius 2 is 1.34 bits per heavy atom. The van der Waals surface area contributed by atoms with E-state index < -0.39 is 0 Å². The van der Waals surface area contributed by atoms with Crippen LogP contribution in [0.4, 0.5) is 11.4 Å². The molecule has 0 spiro atoms. The Morgan fingerprint density at radius 1 is 0.750 bits per heavy atom. The molecule has 3 aromatic carbocycles. The van der Waals surface area contributed by atoms with Crippen LogP contribution in [0.5, 0.6) is 11.5 Å². The van der Waals surface area contributed by atoms with E-state index >= 15 is 0 Å². The molecule has 7 heteroatoms. The lowest BCUT2D eigenvalue weighted by Crippen LogP contribution is -2.23. The molecule has 0 aliphatic carbocycles. The van der Waals surface area contributed by atoms with E-state index in [1.54, 1.807) is 24.3 Å². The van der Waals surface area contributed by atoms with Crippen LogP contribution in [-0.4, -0.2) is 38.1 Å². The number of ether oxygens (including phenoxy) is 2. The summed E-state index contributed by atoms with van der Waals surface area (Å²) in [7, 11) is 0. The maximum Gasteiger partial charge on any atom is 0.251 e. The second-order valence-electron chi connectivity index (χ2n) is 6.87. The van der Waals surface area contributed by atoms with E-state index in [1.807, 2.05) is 61.5 Å². The SMILES string of the molecule is CCNC(=O)c1ccc(NC(=O)CNc2ccc(OCCOc3ccccc3)cc2)cc1. The third kappa shape index (κ3) is 7.36. The highest BCUT2D eigenvalue weighted by Crippen LogP contribution is 2.16. The molecule has 0 radical (unpaired) electrons. The summed E-state index contributed by atoms with van der Waals surface area (Å²) in [6, 6.07) is 23.7. The number of hydrogen-bond acceptors (Lipinski definition) is 5. The molecule has 0 aliphatic rings. The standard InChI is InChI=1S/C25H27N3O4/c1-2-26-25(30)19-8-10-21(11-9-19)28-24(29)18-27-20-12-14-23(15-13-20)32-17-16-31-22-6-4-3-5-7-22/h3-15,27H,2,16-18H2,1H3,(H,26,30)(H,28,29). The number of anilines is 2. The Balaban J connectivity index is 1.37. The van der Waals surface area contributed by atoms with Gasteiger partial charge in [0.05, 0.1) is 6.54 Å². The van der Waals surface area contributed by atoms with Crippen molar-refractivity contribution < 1.29 is 19.1 Å². The molecule has 0 unspecified atom stereocenters. The fourth-order valence-electron chi connectivity index (χ4n) is 2.86. The summed E-state index contributed by atoms with van der Waals surface area (Å²) in [6.07, 6.45) is 0. The van der Waals surface area contributed by atoms with Gasteiger partial charge in [-0.2, -0.15) is 0 Å². The van der Waals surface area contributed by atoms with Crippen molar-refractivity contribution in [3.8, 4) is 11.5 Å². The third-order valence-electron chi connectivity index (χ3n) is 4.44. The largest absolute Gasteiger partial charge is 0.490 e. The molecule has 0 aromatic heterocycles. The Labute approximate surface area is 187 Å². The normalized spacial score (nSPS) is 10.2. The van der Waals surface area contributed by atoms with Crippen LogP contribution in [0, 0.1) is 0 Å². The van der Waals surface area contributed by atoms with E-state index in [0.717, 1.165) is 17.2 Å². The lowest BCUT2D eigenvalue weighted by molar-refractivity contribution is -0.114. The van der Waals surface area contributed by atoms with Crippen molar-refractivity contribution in [2.45, 2.75) is 6.92 Å². The first-order valence-corrected chi connectivity index (χ1v) is 10.5. The Kier molecular flexibility index (Phi) is 8.50. The fraction of sp³-hybridized carbons (Fsp3) is 0.200. The highest BCUT2D eigenvalue weighted by molar-refractivity contribution is 5.96. The molecular formula is C25H27N3O4. The Morgan fingerprint density at radius 3 is 1.97 bits per heavy atom. The highest BCUT2D eigenvalue weighted by Gasteiger charge is 2.06. The maximum atomic E-state index is 12.2. The molecule has 3 aromatic rings. The molecular weight excluding hydrogens is 406 g/mol. The third-order valence-corrected chi connectivity index (χ3v) is 4.44. The van der Waals surface area contributed by atoms with Gasteiger partial charge in [-0.3, -0.25) is 9.59 Å². The predicted octanol–water partition coefficient (Wildman–Crippen LogP) is 3.94. The zero-order chi connectivity index (χ0) is 22.6. The number of carbonyl (C=O) groups excluding carboxylic acids is 2. The van der Waals surface area contributed by atoms with Crippen LogP contribution in [0.25, 0.3) is 0 Å². The van der Waals surface area contributed by atoms with Gasteiger partial charge in [-0.1, -0.05) is 18.2 Å². The second kappa shape index (κ2) is 12.0. The van der Waals surface area contributed by atoms with Crippen molar-refractivity contribution >= 4 is 23.2 Å². The smallest absolute Gasteiger partial charge is 0.251 e. The van der Waals surface area contributed by atoms with Gasteiger partial charge in [0.25, 0.3) is 5.91 Å². The fourth-order valence-corrected chi connectivity index (χ4v) is 2.86. The van der Waals surface area contributed by atoms with E-state index in [4.69, 9.17) is 9.47 Å². The maximum absolute atomic E-state index is 12.2. The topological polar surface area (TPSA) is 88.7 Å². The number of para-hydroxylation sites is 1.